The van der Waals surface area contributed by atoms with E-state index in [0.29, 0.717) is 24.5 Å². The Morgan fingerprint density at radius 3 is 2.84 bits per heavy atom. The van der Waals surface area contributed by atoms with Crippen LogP contribution in [0.25, 0.3) is 11.1 Å². The molecule has 0 N–H and O–H groups in total. The van der Waals surface area contributed by atoms with Crippen molar-refractivity contribution < 1.29 is 14.3 Å². The number of rotatable bonds is 6. The SMILES string of the molecule is COCCOc1c(C=O)cccc1-c1cnn(C)c1. The number of aryl methyl sites for hydroxylation is 1. The number of aromatic nitrogens is 2. The summed E-state index contributed by atoms with van der Waals surface area (Å²) < 4.78 is 12.3. The fourth-order valence-corrected chi connectivity index (χ4v) is 1.82. The molecule has 0 aliphatic heterocycles. The molecule has 1 aromatic heterocycles. The highest BCUT2D eigenvalue weighted by Gasteiger charge is 2.12. The molecular formula is C14H16N2O3. The molecule has 0 bridgehead atoms. The number of methoxy groups -OCH3 is 1. The Morgan fingerprint density at radius 2 is 2.21 bits per heavy atom. The predicted octanol–water partition coefficient (Wildman–Crippen LogP) is 1.92. The first-order chi connectivity index (χ1) is 9.26. The summed E-state index contributed by atoms with van der Waals surface area (Å²) in [6.07, 6.45) is 4.42. The fraction of sp³-hybridized carbons (Fsp3) is 0.286. The van der Waals surface area contributed by atoms with Crippen molar-refractivity contribution in [2.45, 2.75) is 0 Å². The number of carbonyl (C=O) groups is 1. The van der Waals surface area contributed by atoms with Crippen molar-refractivity contribution in [3.8, 4) is 16.9 Å². The maximum absolute atomic E-state index is 11.1. The highest BCUT2D eigenvalue weighted by molar-refractivity contribution is 5.85. The minimum atomic E-state index is 0.397. The van der Waals surface area contributed by atoms with Gasteiger partial charge in [-0.15, -0.1) is 0 Å². The summed E-state index contributed by atoms with van der Waals surface area (Å²) in [6.45, 7) is 0.869. The van der Waals surface area contributed by atoms with Crippen molar-refractivity contribution in [2.24, 2.45) is 7.05 Å². The van der Waals surface area contributed by atoms with Crippen molar-refractivity contribution in [1.29, 1.82) is 0 Å². The number of para-hydroxylation sites is 1. The monoisotopic (exact) mass is 260 g/mol. The molecule has 19 heavy (non-hydrogen) atoms. The second kappa shape index (κ2) is 6.15. The Balaban J connectivity index is 2.38. The molecule has 2 aromatic rings. The molecule has 0 spiro atoms. The van der Waals surface area contributed by atoms with Crippen molar-refractivity contribution >= 4 is 6.29 Å². The fourth-order valence-electron chi connectivity index (χ4n) is 1.82. The first-order valence-electron chi connectivity index (χ1n) is 5.95. The number of hydrogen-bond acceptors (Lipinski definition) is 4. The zero-order chi connectivity index (χ0) is 13.7. The van der Waals surface area contributed by atoms with E-state index in [1.165, 1.54) is 0 Å². The van der Waals surface area contributed by atoms with E-state index >= 15 is 0 Å². The Hall–Kier alpha value is -2.14. The van der Waals surface area contributed by atoms with Crippen LogP contribution in [-0.4, -0.2) is 36.4 Å². The van der Waals surface area contributed by atoms with E-state index in [0.717, 1.165) is 17.4 Å². The topological polar surface area (TPSA) is 53.4 Å². The van der Waals surface area contributed by atoms with Gasteiger partial charge in [0.1, 0.15) is 12.4 Å². The molecule has 0 atom stereocenters. The van der Waals surface area contributed by atoms with Crippen molar-refractivity contribution in [3.05, 3.63) is 36.2 Å². The zero-order valence-electron chi connectivity index (χ0n) is 11.0. The Kier molecular flexibility index (Phi) is 4.30. The van der Waals surface area contributed by atoms with Gasteiger partial charge in [-0.1, -0.05) is 12.1 Å². The second-order valence-electron chi connectivity index (χ2n) is 4.09. The molecule has 0 saturated heterocycles. The number of carbonyl (C=O) groups excluding carboxylic acids is 1. The number of ether oxygens (including phenoxy) is 2. The van der Waals surface area contributed by atoms with Gasteiger partial charge >= 0.3 is 0 Å². The summed E-state index contributed by atoms with van der Waals surface area (Å²) in [6, 6.07) is 5.47. The van der Waals surface area contributed by atoms with Crippen molar-refractivity contribution in [2.75, 3.05) is 20.3 Å². The van der Waals surface area contributed by atoms with Gasteiger partial charge in [-0.2, -0.15) is 5.10 Å². The van der Waals surface area contributed by atoms with Crippen LogP contribution in [0.4, 0.5) is 0 Å². The van der Waals surface area contributed by atoms with Gasteiger partial charge in [0, 0.05) is 31.5 Å². The van der Waals surface area contributed by atoms with Crippen LogP contribution in [0.2, 0.25) is 0 Å². The van der Waals surface area contributed by atoms with E-state index in [1.54, 1.807) is 24.1 Å². The second-order valence-corrected chi connectivity index (χ2v) is 4.09. The minimum absolute atomic E-state index is 0.397. The quantitative estimate of drug-likeness (QED) is 0.588. The van der Waals surface area contributed by atoms with Crippen LogP contribution in [0.3, 0.4) is 0 Å². The third-order valence-corrected chi connectivity index (χ3v) is 2.72. The Labute approximate surface area is 111 Å². The molecule has 5 nitrogen and oxygen atoms in total. The number of benzene rings is 1. The highest BCUT2D eigenvalue weighted by Crippen LogP contribution is 2.32. The first kappa shape index (κ1) is 13.3. The molecule has 1 heterocycles. The van der Waals surface area contributed by atoms with E-state index in [9.17, 15) is 4.79 Å². The number of aldehydes is 1. The maximum Gasteiger partial charge on any atom is 0.153 e. The lowest BCUT2D eigenvalue weighted by molar-refractivity contribution is 0.111. The van der Waals surface area contributed by atoms with Gasteiger partial charge in [0.05, 0.1) is 18.4 Å². The van der Waals surface area contributed by atoms with Gasteiger partial charge in [0.2, 0.25) is 0 Å². The van der Waals surface area contributed by atoms with E-state index in [1.807, 2.05) is 25.4 Å². The number of nitrogens with zero attached hydrogens (tertiary/aromatic N) is 2. The predicted molar refractivity (Wildman–Crippen MR) is 71.4 cm³/mol. The third-order valence-electron chi connectivity index (χ3n) is 2.72. The van der Waals surface area contributed by atoms with Gasteiger partial charge in [-0.05, 0) is 6.07 Å². The molecule has 1 aromatic carbocycles. The molecule has 0 saturated carbocycles. The molecule has 100 valence electrons. The van der Waals surface area contributed by atoms with Gasteiger partial charge in [-0.25, -0.2) is 0 Å². The highest BCUT2D eigenvalue weighted by atomic mass is 16.5. The van der Waals surface area contributed by atoms with Gasteiger partial charge in [0.25, 0.3) is 0 Å². The van der Waals surface area contributed by atoms with Crippen LogP contribution in [-0.2, 0) is 11.8 Å². The molecule has 0 radical (unpaired) electrons. The Morgan fingerprint density at radius 1 is 1.37 bits per heavy atom. The van der Waals surface area contributed by atoms with Crippen LogP contribution < -0.4 is 4.74 Å². The molecule has 0 amide bonds. The van der Waals surface area contributed by atoms with Crippen LogP contribution in [0.5, 0.6) is 5.75 Å². The smallest absolute Gasteiger partial charge is 0.153 e. The summed E-state index contributed by atoms with van der Waals surface area (Å²) in [5.41, 5.74) is 2.30. The molecule has 0 unspecified atom stereocenters. The van der Waals surface area contributed by atoms with Gasteiger partial charge in [0.15, 0.2) is 6.29 Å². The minimum Gasteiger partial charge on any atom is -0.490 e. The van der Waals surface area contributed by atoms with E-state index in [4.69, 9.17) is 9.47 Å². The summed E-state index contributed by atoms with van der Waals surface area (Å²) in [4.78, 5) is 11.1. The van der Waals surface area contributed by atoms with Crippen LogP contribution in [0.1, 0.15) is 10.4 Å². The van der Waals surface area contributed by atoms with Crippen LogP contribution in [0.15, 0.2) is 30.6 Å². The first-order valence-corrected chi connectivity index (χ1v) is 5.95. The van der Waals surface area contributed by atoms with E-state index in [2.05, 4.69) is 5.10 Å². The molecule has 0 aliphatic rings. The van der Waals surface area contributed by atoms with Crippen molar-refractivity contribution in [3.63, 3.8) is 0 Å². The lowest BCUT2D eigenvalue weighted by Gasteiger charge is -2.12. The van der Waals surface area contributed by atoms with E-state index < -0.39 is 0 Å². The molecule has 0 aliphatic carbocycles. The average molecular weight is 260 g/mol. The normalized spacial score (nSPS) is 10.4. The standard InChI is InChI=1S/C14H16N2O3/c1-16-9-12(8-15-16)13-5-3-4-11(10-17)14(13)19-7-6-18-2/h3-5,8-10H,6-7H2,1-2H3. The lowest BCUT2D eigenvalue weighted by Crippen LogP contribution is -2.06. The third kappa shape index (κ3) is 3.00. The van der Waals surface area contributed by atoms with Crippen LogP contribution in [0, 0.1) is 0 Å². The largest absolute Gasteiger partial charge is 0.490 e. The average Bonchev–Trinajstić information content (AvgIpc) is 2.85. The van der Waals surface area contributed by atoms with Crippen LogP contribution >= 0.6 is 0 Å². The lowest BCUT2D eigenvalue weighted by atomic mass is 10.0. The maximum atomic E-state index is 11.1. The molecular weight excluding hydrogens is 244 g/mol. The Bertz CT molecular complexity index is 564. The van der Waals surface area contributed by atoms with Gasteiger partial charge < -0.3 is 9.47 Å². The number of hydrogen-bond donors (Lipinski definition) is 0. The van der Waals surface area contributed by atoms with E-state index in [-0.39, 0.29) is 0 Å². The molecule has 5 heteroatoms. The zero-order valence-corrected chi connectivity index (χ0v) is 11.0. The summed E-state index contributed by atoms with van der Waals surface area (Å²) in [5.74, 6) is 0.572. The molecule has 2 rings (SSSR count). The summed E-state index contributed by atoms with van der Waals surface area (Å²) >= 11 is 0. The summed E-state index contributed by atoms with van der Waals surface area (Å²) in [7, 11) is 3.45. The van der Waals surface area contributed by atoms with Crippen molar-refractivity contribution in [1.82, 2.24) is 9.78 Å². The van der Waals surface area contributed by atoms with Gasteiger partial charge in [-0.3, -0.25) is 9.48 Å². The molecule has 0 fully saturated rings. The summed E-state index contributed by atoms with van der Waals surface area (Å²) in [5, 5.41) is 4.13.